The van der Waals surface area contributed by atoms with E-state index in [-0.39, 0.29) is 12.0 Å². The summed E-state index contributed by atoms with van der Waals surface area (Å²) in [7, 11) is 1.39. The first-order valence-electron chi connectivity index (χ1n) is 7.25. The molecule has 0 radical (unpaired) electrons. The van der Waals surface area contributed by atoms with Crippen LogP contribution < -0.4 is 5.32 Å². The predicted molar refractivity (Wildman–Crippen MR) is 85.1 cm³/mol. The number of piperidine rings is 1. The van der Waals surface area contributed by atoms with Gasteiger partial charge >= 0.3 is 6.09 Å². The lowest BCUT2D eigenvalue weighted by atomic mass is 9.97. The van der Waals surface area contributed by atoms with Crippen LogP contribution in [0.25, 0.3) is 0 Å². The fourth-order valence-corrected chi connectivity index (χ4v) is 3.05. The number of ether oxygens (including phenoxy) is 1. The molecule has 0 spiro atoms. The monoisotopic (exact) mass is 323 g/mol. The molecular weight excluding hydrogens is 302 g/mol. The minimum Gasteiger partial charge on any atom is -0.453 e. The highest BCUT2D eigenvalue weighted by Gasteiger charge is 2.23. The lowest BCUT2D eigenvalue weighted by Crippen LogP contribution is -2.41. The standard InChI is InChI=1S/C15H21N3O3S/c1-21-15(20)18-8-5-11(6-9-18)10-17-13(19)12-4-3-7-16-14(12)22-2/h3-4,7,11H,5-6,8-10H2,1-2H3,(H,17,19). The molecule has 0 aromatic carbocycles. The topological polar surface area (TPSA) is 71.5 Å². The zero-order valence-corrected chi connectivity index (χ0v) is 13.7. The van der Waals surface area contributed by atoms with Gasteiger partial charge in [-0.15, -0.1) is 11.8 Å². The number of likely N-dealkylation sites (tertiary alicyclic amines) is 1. The van der Waals surface area contributed by atoms with E-state index in [0.717, 1.165) is 17.9 Å². The van der Waals surface area contributed by atoms with E-state index >= 15 is 0 Å². The van der Waals surface area contributed by atoms with E-state index in [0.29, 0.717) is 31.1 Å². The normalized spacial score (nSPS) is 15.5. The summed E-state index contributed by atoms with van der Waals surface area (Å²) in [4.78, 5) is 29.6. The van der Waals surface area contributed by atoms with Crippen LogP contribution in [-0.2, 0) is 4.74 Å². The van der Waals surface area contributed by atoms with Crippen molar-refractivity contribution >= 4 is 23.8 Å². The molecule has 7 heteroatoms. The summed E-state index contributed by atoms with van der Waals surface area (Å²) in [6, 6.07) is 3.55. The summed E-state index contributed by atoms with van der Waals surface area (Å²) < 4.78 is 4.71. The first-order chi connectivity index (χ1) is 10.7. The Labute approximate surface area is 134 Å². The smallest absolute Gasteiger partial charge is 0.409 e. The Morgan fingerprint density at radius 2 is 2.18 bits per heavy atom. The maximum atomic E-state index is 12.2. The van der Waals surface area contributed by atoms with Gasteiger partial charge in [0.15, 0.2) is 0 Å². The molecule has 1 aliphatic rings. The molecule has 0 atom stereocenters. The maximum Gasteiger partial charge on any atom is 0.409 e. The van der Waals surface area contributed by atoms with Crippen LogP contribution in [0.15, 0.2) is 23.4 Å². The fraction of sp³-hybridized carbons (Fsp3) is 0.533. The van der Waals surface area contributed by atoms with Crippen LogP contribution >= 0.6 is 11.8 Å². The van der Waals surface area contributed by atoms with Gasteiger partial charge in [-0.25, -0.2) is 9.78 Å². The van der Waals surface area contributed by atoms with Crippen LogP contribution in [0.4, 0.5) is 4.79 Å². The fourth-order valence-electron chi connectivity index (χ4n) is 2.51. The molecule has 1 aromatic heterocycles. The van der Waals surface area contributed by atoms with E-state index in [4.69, 9.17) is 4.74 Å². The van der Waals surface area contributed by atoms with Gasteiger partial charge < -0.3 is 15.0 Å². The molecule has 1 aliphatic heterocycles. The highest BCUT2D eigenvalue weighted by Crippen LogP contribution is 2.19. The molecule has 2 amide bonds. The molecule has 0 bridgehead atoms. The van der Waals surface area contributed by atoms with Crippen molar-refractivity contribution in [2.24, 2.45) is 5.92 Å². The van der Waals surface area contributed by atoms with Crippen molar-refractivity contribution < 1.29 is 14.3 Å². The number of hydrogen-bond donors (Lipinski definition) is 1. The summed E-state index contributed by atoms with van der Waals surface area (Å²) in [5.74, 6) is 0.298. The van der Waals surface area contributed by atoms with Gasteiger partial charge in [-0.1, -0.05) is 0 Å². The SMILES string of the molecule is COC(=O)N1CCC(CNC(=O)c2cccnc2SC)CC1. The van der Waals surface area contributed by atoms with Crippen molar-refractivity contribution in [3.63, 3.8) is 0 Å². The van der Waals surface area contributed by atoms with Crippen molar-refractivity contribution in [1.82, 2.24) is 15.2 Å². The molecule has 1 saturated heterocycles. The summed E-state index contributed by atoms with van der Waals surface area (Å²) >= 11 is 1.46. The summed E-state index contributed by atoms with van der Waals surface area (Å²) in [6.07, 6.45) is 5.06. The molecule has 0 unspecified atom stereocenters. The van der Waals surface area contributed by atoms with Gasteiger partial charge in [-0.3, -0.25) is 4.79 Å². The minimum absolute atomic E-state index is 0.0900. The first kappa shape index (κ1) is 16.6. The number of rotatable bonds is 4. The number of nitrogens with zero attached hydrogens (tertiary/aromatic N) is 2. The molecule has 2 heterocycles. The van der Waals surface area contributed by atoms with Crippen molar-refractivity contribution in [3.8, 4) is 0 Å². The summed E-state index contributed by atoms with van der Waals surface area (Å²) in [5, 5.41) is 3.71. The van der Waals surface area contributed by atoms with E-state index in [2.05, 4.69) is 10.3 Å². The molecular formula is C15H21N3O3S. The van der Waals surface area contributed by atoms with E-state index in [1.807, 2.05) is 6.26 Å². The van der Waals surface area contributed by atoms with Gasteiger partial charge in [0.2, 0.25) is 0 Å². The number of carbonyl (C=O) groups is 2. The lowest BCUT2D eigenvalue weighted by Gasteiger charge is -2.30. The van der Waals surface area contributed by atoms with E-state index < -0.39 is 0 Å². The second-order valence-corrected chi connectivity index (χ2v) is 5.97. The van der Waals surface area contributed by atoms with Crippen LogP contribution in [0.1, 0.15) is 23.2 Å². The third kappa shape index (κ3) is 4.13. The summed E-state index contributed by atoms with van der Waals surface area (Å²) in [5.41, 5.74) is 0.613. The van der Waals surface area contributed by atoms with Crippen LogP contribution in [0, 0.1) is 5.92 Å². The number of hydrogen-bond acceptors (Lipinski definition) is 5. The minimum atomic E-state index is -0.276. The second kappa shape index (κ2) is 8.03. The van der Waals surface area contributed by atoms with E-state index in [1.165, 1.54) is 18.9 Å². The van der Waals surface area contributed by atoms with Gasteiger partial charge in [0.05, 0.1) is 12.7 Å². The Morgan fingerprint density at radius 1 is 1.45 bits per heavy atom. The third-order valence-corrected chi connectivity index (χ3v) is 4.52. The molecule has 120 valence electrons. The van der Waals surface area contributed by atoms with E-state index in [1.54, 1.807) is 23.2 Å². The van der Waals surface area contributed by atoms with E-state index in [9.17, 15) is 9.59 Å². The molecule has 0 aliphatic carbocycles. The Bertz CT molecular complexity index is 531. The van der Waals surface area contributed by atoms with Crippen molar-refractivity contribution in [2.45, 2.75) is 17.9 Å². The number of aromatic nitrogens is 1. The predicted octanol–water partition coefficient (Wildman–Crippen LogP) is 2.01. The average Bonchev–Trinajstić information content (AvgIpc) is 2.59. The first-order valence-corrected chi connectivity index (χ1v) is 8.48. The average molecular weight is 323 g/mol. The molecule has 2 rings (SSSR count). The Morgan fingerprint density at radius 3 is 2.82 bits per heavy atom. The van der Waals surface area contributed by atoms with Gasteiger partial charge in [0.25, 0.3) is 5.91 Å². The molecule has 0 saturated carbocycles. The number of thioether (sulfide) groups is 1. The number of methoxy groups -OCH3 is 1. The Hall–Kier alpha value is -1.76. The molecule has 6 nitrogen and oxygen atoms in total. The highest BCUT2D eigenvalue weighted by molar-refractivity contribution is 7.98. The quantitative estimate of drug-likeness (QED) is 0.858. The van der Waals surface area contributed by atoms with Crippen molar-refractivity contribution in [2.75, 3.05) is 33.0 Å². The summed E-state index contributed by atoms with van der Waals surface area (Å²) in [6.45, 7) is 1.98. The number of pyridine rings is 1. The third-order valence-electron chi connectivity index (χ3n) is 3.81. The number of amides is 2. The Balaban J connectivity index is 1.81. The van der Waals surface area contributed by atoms with Crippen LogP contribution in [0.5, 0.6) is 0 Å². The number of carbonyl (C=O) groups excluding carboxylic acids is 2. The zero-order chi connectivity index (χ0) is 15.9. The van der Waals surface area contributed by atoms with Gasteiger partial charge in [-0.05, 0) is 37.1 Å². The lowest BCUT2D eigenvalue weighted by molar-refractivity contribution is 0.0911. The molecule has 1 fully saturated rings. The largest absolute Gasteiger partial charge is 0.453 e. The van der Waals surface area contributed by atoms with Crippen molar-refractivity contribution in [1.29, 1.82) is 0 Å². The van der Waals surface area contributed by atoms with Gasteiger partial charge in [0.1, 0.15) is 5.03 Å². The van der Waals surface area contributed by atoms with Crippen LogP contribution in [-0.4, -0.2) is 54.9 Å². The number of nitrogens with one attached hydrogen (secondary N) is 1. The molecule has 1 aromatic rings. The molecule has 22 heavy (non-hydrogen) atoms. The van der Waals surface area contributed by atoms with Crippen LogP contribution in [0.3, 0.4) is 0 Å². The van der Waals surface area contributed by atoms with Gasteiger partial charge in [0, 0.05) is 25.8 Å². The maximum absolute atomic E-state index is 12.2. The molecule has 1 N–H and O–H groups in total. The highest BCUT2D eigenvalue weighted by atomic mass is 32.2. The van der Waals surface area contributed by atoms with Crippen LogP contribution in [0.2, 0.25) is 0 Å². The second-order valence-electron chi connectivity index (χ2n) is 5.17. The van der Waals surface area contributed by atoms with Gasteiger partial charge in [-0.2, -0.15) is 0 Å². The Kier molecular flexibility index (Phi) is 6.06. The zero-order valence-electron chi connectivity index (χ0n) is 12.9. The van der Waals surface area contributed by atoms with Crippen molar-refractivity contribution in [3.05, 3.63) is 23.9 Å².